The molecular formula is C19H17FN2O2S. The number of rotatable bonds is 7. The molecule has 3 aromatic rings. The number of halogens is 1. The van der Waals surface area contributed by atoms with Gasteiger partial charge in [-0.1, -0.05) is 30.3 Å². The molecule has 2 aromatic carbocycles. The Balaban J connectivity index is 1.45. The molecule has 1 aromatic heterocycles. The summed E-state index contributed by atoms with van der Waals surface area (Å²) in [6, 6.07) is 15.6. The van der Waals surface area contributed by atoms with Crippen molar-refractivity contribution in [3.05, 3.63) is 82.1 Å². The molecule has 0 saturated carbocycles. The van der Waals surface area contributed by atoms with Crippen LogP contribution in [0.4, 0.5) is 4.39 Å². The third-order valence-electron chi connectivity index (χ3n) is 3.44. The first kappa shape index (κ1) is 17.1. The van der Waals surface area contributed by atoms with Crippen molar-refractivity contribution in [1.29, 1.82) is 0 Å². The van der Waals surface area contributed by atoms with Gasteiger partial charge in [0.1, 0.15) is 16.6 Å². The molecule has 0 spiro atoms. The van der Waals surface area contributed by atoms with Crippen LogP contribution in [0.15, 0.2) is 60.8 Å². The van der Waals surface area contributed by atoms with E-state index in [0.29, 0.717) is 18.7 Å². The van der Waals surface area contributed by atoms with Crippen LogP contribution in [-0.4, -0.2) is 17.5 Å². The average Bonchev–Trinajstić information content (AvgIpc) is 3.08. The molecule has 1 N–H and O–H groups in total. The van der Waals surface area contributed by atoms with Crippen molar-refractivity contribution < 1.29 is 13.9 Å². The van der Waals surface area contributed by atoms with Gasteiger partial charge in [0.2, 0.25) is 0 Å². The molecule has 0 fully saturated rings. The fraction of sp³-hybridized carbons (Fsp3) is 0.158. The standard InChI is InChI=1S/C19H17FN2O2S/c20-15-8-6-14(7-9-15)10-17-11-22-19(25-17)12-21-18(23)13-24-16-4-2-1-3-5-16/h1-9,11H,10,12-13H2,(H,21,23). The van der Waals surface area contributed by atoms with E-state index in [-0.39, 0.29) is 18.3 Å². The molecular weight excluding hydrogens is 339 g/mol. The van der Waals surface area contributed by atoms with E-state index >= 15 is 0 Å². The number of para-hydroxylation sites is 1. The molecule has 6 heteroatoms. The molecule has 4 nitrogen and oxygen atoms in total. The summed E-state index contributed by atoms with van der Waals surface area (Å²) in [5.74, 6) is 0.224. The van der Waals surface area contributed by atoms with Crippen LogP contribution in [0.25, 0.3) is 0 Å². The van der Waals surface area contributed by atoms with Crippen molar-refractivity contribution in [1.82, 2.24) is 10.3 Å². The van der Waals surface area contributed by atoms with Gasteiger partial charge < -0.3 is 10.1 Å². The molecule has 0 unspecified atom stereocenters. The number of ether oxygens (including phenoxy) is 1. The third kappa shape index (κ3) is 5.39. The second-order valence-corrected chi connectivity index (χ2v) is 6.60. The van der Waals surface area contributed by atoms with Crippen LogP contribution >= 0.6 is 11.3 Å². The van der Waals surface area contributed by atoms with Gasteiger partial charge in [-0.3, -0.25) is 4.79 Å². The van der Waals surface area contributed by atoms with Gasteiger partial charge in [0.15, 0.2) is 6.61 Å². The topological polar surface area (TPSA) is 51.2 Å². The van der Waals surface area contributed by atoms with E-state index in [9.17, 15) is 9.18 Å². The summed E-state index contributed by atoms with van der Waals surface area (Å²) in [6.45, 7) is 0.336. The zero-order valence-corrected chi connectivity index (χ0v) is 14.3. The number of hydrogen-bond acceptors (Lipinski definition) is 4. The SMILES string of the molecule is O=C(COc1ccccc1)NCc1ncc(Cc2ccc(F)cc2)s1. The predicted octanol–water partition coefficient (Wildman–Crippen LogP) is 3.57. The molecule has 128 valence electrons. The Hall–Kier alpha value is -2.73. The number of aromatic nitrogens is 1. The monoisotopic (exact) mass is 356 g/mol. The fourth-order valence-corrected chi connectivity index (χ4v) is 3.10. The van der Waals surface area contributed by atoms with E-state index in [1.807, 2.05) is 18.2 Å². The van der Waals surface area contributed by atoms with Crippen molar-refractivity contribution >= 4 is 17.2 Å². The minimum absolute atomic E-state index is 0.0299. The highest BCUT2D eigenvalue weighted by atomic mass is 32.1. The quantitative estimate of drug-likeness (QED) is 0.704. The maximum absolute atomic E-state index is 12.9. The van der Waals surface area contributed by atoms with E-state index in [1.54, 1.807) is 30.5 Å². The first-order valence-corrected chi connectivity index (χ1v) is 8.63. The summed E-state index contributed by atoms with van der Waals surface area (Å²) >= 11 is 1.53. The molecule has 0 radical (unpaired) electrons. The van der Waals surface area contributed by atoms with E-state index in [1.165, 1.54) is 23.5 Å². The van der Waals surface area contributed by atoms with Crippen LogP contribution in [0.1, 0.15) is 15.4 Å². The maximum atomic E-state index is 12.9. The molecule has 0 bridgehead atoms. The van der Waals surface area contributed by atoms with Gasteiger partial charge in [0, 0.05) is 17.5 Å². The summed E-state index contributed by atoms with van der Waals surface area (Å²) in [4.78, 5) is 17.2. The Morgan fingerprint density at radius 2 is 1.88 bits per heavy atom. The van der Waals surface area contributed by atoms with E-state index in [0.717, 1.165) is 15.4 Å². The lowest BCUT2D eigenvalue weighted by Gasteiger charge is -2.06. The number of amides is 1. The number of nitrogens with zero attached hydrogens (tertiary/aromatic N) is 1. The molecule has 0 atom stereocenters. The van der Waals surface area contributed by atoms with Crippen molar-refractivity contribution in [3.8, 4) is 5.75 Å². The summed E-state index contributed by atoms with van der Waals surface area (Å²) in [6.07, 6.45) is 2.49. The van der Waals surface area contributed by atoms with Gasteiger partial charge >= 0.3 is 0 Å². The fourth-order valence-electron chi connectivity index (χ4n) is 2.21. The third-order valence-corrected chi connectivity index (χ3v) is 4.44. The Morgan fingerprint density at radius 3 is 2.64 bits per heavy atom. The van der Waals surface area contributed by atoms with Gasteiger partial charge in [-0.15, -0.1) is 11.3 Å². The highest BCUT2D eigenvalue weighted by Gasteiger charge is 2.07. The minimum atomic E-state index is -0.242. The van der Waals surface area contributed by atoms with Gasteiger partial charge in [0.05, 0.1) is 6.54 Å². The van der Waals surface area contributed by atoms with Crippen molar-refractivity contribution in [2.45, 2.75) is 13.0 Å². The summed E-state index contributed by atoms with van der Waals surface area (Å²) in [7, 11) is 0. The van der Waals surface area contributed by atoms with Crippen molar-refractivity contribution in [2.24, 2.45) is 0 Å². The Labute approximate surface area is 149 Å². The lowest BCUT2D eigenvalue weighted by molar-refractivity contribution is -0.123. The first-order valence-electron chi connectivity index (χ1n) is 7.81. The van der Waals surface area contributed by atoms with Gasteiger partial charge in [-0.2, -0.15) is 0 Å². The number of carbonyl (C=O) groups excluding carboxylic acids is 1. The van der Waals surface area contributed by atoms with Crippen LogP contribution in [0.5, 0.6) is 5.75 Å². The number of hydrogen-bond donors (Lipinski definition) is 1. The molecule has 3 rings (SSSR count). The van der Waals surface area contributed by atoms with Crippen LogP contribution in [0.2, 0.25) is 0 Å². The number of benzene rings is 2. The number of nitrogens with one attached hydrogen (secondary N) is 1. The van der Waals surface area contributed by atoms with Crippen molar-refractivity contribution in [2.75, 3.05) is 6.61 Å². The zero-order valence-electron chi connectivity index (χ0n) is 13.4. The highest BCUT2D eigenvalue weighted by molar-refractivity contribution is 7.11. The minimum Gasteiger partial charge on any atom is -0.484 e. The normalized spacial score (nSPS) is 10.4. The lowest BCUT2D eigenvalue weighted by atomic mass is 10.1. The highest BCUT2D eigenvalue weighted by Crippen LogP contribution is 2.17. The van der Waals surface area contributed by atoms with Gasteiger partial charge in [-0.05, 0) is 29.8 Å². The molecule has 0 aliphatic heterocycles. The summed E-state index contributed by atoms with van der Waals surface area (Å²) in [5.41, 5.74) is 1.02. The van der Waals surface area contributed by atoms with E-state index in [4.69, 9.17) is 4.74 Å². The van der Waals surface area contributed by atoms with Gasteiger partial charge in [0.25, 0.3) is 5.91 Å². The second kappa shape index (κ2) is 8.39. The largest absolute Gasteiger partial charge is 0.484 e. The number of carbonyl (C=O) groups is 1. The zero-order chi connectivity index (χ0) is 17.5. The molecule has 1 heterocycles. The van der Waals surface area contributed by atoms with Crippen LogP contribution in [-0.2, 0) is 17.8 Å². The van der Waals surface area contributed by atoms with E-state index in [2.05, 4.69) is 10.3 Å². The summed E-state index contributed by atoms with van der Waals surface area (Å²) in [5, 5.41) is 3.61. The molecule has 25 heavy (non-hydrogen) atoms. The Bertz CT molecular complexity index is 819. The van der Waals surface area contributed by atoms with Crippen LogP contribution in [0, 0.1) is 5.82 Å². The van der Waals surface area contributed by atoms with Gasteiger partial charge in [-0.25, -0.2) is 9.37 Å². The summed E-state index contributed by atoms with van der Waals surface area (Å²) < 4.78 is 18.3. The van der Waals surface area contributed by atoms with E-state index < -0.39 is 0 Å². The molecule has 1 amide bonds. The molecule has 0 aliphatic carbocycles. The van der Waals surface area contributed by atoms with Crippen LogP contribution < -0.4 is 10.1 Å². The smallest absolute Gasteiger partial charge is 0.258 e. The molecule has 0 saturated heterocycles. The Morgan fingerprint density at radius 1 is 1.12 bits per heavy atom. The number of thiazole rings is 1. The maximum Gasteiger partial charge on any atom is 0.258 e. The second-order valence-electron chi connectivity index (χ2n) is 5.40. The van der Waals surface area contributed by atoms with Crippen LogP contribution in [0.3, 0.4) is 0 Å². The Kier molecular flexibility index (Phi) is 5.74. The molecule has 0 aliphatic rings. The first-order chi connectivity index (χ1) is 12.2. The predicted molar refractivity (Wildman–Crippen MR) is 95.1 cm³/mol. The van der Waals surface area contributed by atoms with Crippen molar-refractivity contribution in [3.63, 3.8) is 0 Å². The average molecular weight is 356 g/mol. The lowest BCUT2D eigenvalue weighted by Crippen LogP contribution is -2.28.